The molecule has 0 saturated carbocycles. The fourth-order valence-corrected chi connectivity index (χ4v) is 3.71. The summed E-state index contributed by atoms with van der Waals surface area (Å²) in [5.41, 5.74) is 2.08. The first-order valence-corrected chi connectivity index (χ1v) is 8.53. The van der Waals surface area contributed by atoms with Crippen molar-refractivity contribution in [2.45, 2.75) is 38.1 Å². The smallest absolute Gasteiger partial charge is 0.160 e. The standard InChI is InChI=1S/C17H24N4O/c1-2-9-20(8-1)10-11-21-16(14-5-12-22-13-6-14)19-15-4-3-7-18-17(15)21/h3-4,7,14H,1-2,5-6,8-13H2. The van der Waals surface area contributed by atoms with Crippen LogP contribution in [0.1, 0.15) is 37.4 Å². The minimum atomic E-state index is 0.515. The van der Waals surface area contributed by atoms with Crippen molar-refractivity contribution in [1.29, 1.82) is 0 Å². The third kappa shape index (κ3) is 2.75. The van der Waals surface area contributed by atoms with Gasteiger partial charge in [-0.3, -0.25) is 0 Å². The van der Waals surface area contributed by atoms with E-state index in [1.807, 2.05) is 12.3 Å². The van der Waals surface area contributed by atoms with Gasteiger partial charge in [0.1, 0.15) is 11.3 Å². The average Bonchev–Trinajstić information content (AvgIpc) is 3.21. The molecule has 2 saturated heterocycles. The van der Waals surface area contributed by atoms with Gasteiger partial charge < -0.3 is 14.2 Å². The van der Waals surface area contributed by atoms with Gasteiger partial charge in [0.15, 0.2) is 5.65 Å². The number of hydrogen-bond donors (Lipinski definition) is 0. The lowest BCUT2D eigenvalue weighted by molar-refractivity contribution is 0.0828. The predicted molar refractivity (Wildman–Crippen MR) is 86.0 cm³/mol. The molecule has 22 heavy (non-hydrogen) atoms. The van der Waals surface area contributed by atoms with Crippen LogP contribution in [0.3, 0.4) is 0 Å². The Morgan fingerprint density at radius 2 is 1.95 bits per heavy atom. The first-order chi connectivity index (χ1) is 10.9. The van der Waals surface area contributed by atoms with Crippen molar-refractivity contribution >= 4 is 11.2 Å². The van der Waals surface area contributed by atoms with E-state index in [4.69, 9.17) is 9.72 Å². The van der Waals surface area contributed by atoms with Crippen LogP contribution in [0.4, 0.5) is 0 Å². The zero-order valence-corrected chi connectivity index (χ0v) is 13.1. The molecule has 2 aromatic rings. The number of rotatable bonds is 4. The summed E-state index contributed by atoms with van der Waals surface area (Å²) in [5, 5.41) is 0. The third-order valence-electron chi connectivity index (χ3n) is 4.96. The van der Waals surface area contributed by atoms with Crippen LogP contribution in [0.15, 0.2) is 18.3 Å². The normalized spacial score (nSPS) is 20.9. The molecule has 0 N–H and O–H groups in total. The molecule has 4 heterocycles. The molecule has 5 heteroatoms. The van der Waals surface area contributed by atoms with Gasteiger partial charge in [0, 0.05) is 38.4 Å². The number of imidazole rings is 1. The van der Waals surface area contributed by atoms with Gasteiger partial charge >= 0.3 is 0 Å². The lowest BCUT2D eigenvalue weighted by atomic mass is 9.99. The second kappa shape index (κ2) is 6.34. The number of pyridine rings is 1. The minimum absolute atomic E-state index is 0.515. The molecule has 2 aromatic heterocycles. The van der Waals surface area contributed by atoms with Crippen molar-refractivity contribution in [1.82, 2.24) is 19.4 Å². The fraction of sp³-hybridized carbons (Fsp3) is 0.647. The first-order valence-electron chi connectivity index (χ1n) is 8.53. The van der Waals surface area contributed by atoms with Crippen LogP contribution in [0, 0.1) is 0 Å². The number of hydrogen-bond acceptors (Lipinski definition) is 4. The molecule has 5 nitrogen and oxygen atoms in total. The molecule has 0 aliphatic carbocycles. The Kier molecular flexibility index (Phi) is 4.08. The molecule has 0 unspecified atom stereocenters. The highest BCUT2D eigenvalue weighted by Gasteiger charge is 2.23. The first kappa shape index (κ1) is 14.2. The van der Waals surface area contributed by atoms with E-state index in [0.29, 0.717) is 5.92 Å². The van der Waals surface area contributed by atoms with Crippen LogP contribution in [-0.4, -0.2) is 52.3 Å². The van der Waals surface area contributed by atoms with Gasteiger partial charge in [-0.15, -0.1) is 0 Å². The molecular weight excluding hydrogens is 276 g/mol. The summed E-state index contributed by atoms with van der Waals surface area (Å²) in [5.74, 6) is 1.73. The molecule has 2 fully saturated rings. The third-order valence-corrected chi connectivity index (χ3v) is 4.96. The summed E-state index contributed by atoms with van der Waals surface area (Å²) >= 11 is 0. The van der Waals surface area contributed by atoms with Crippen molar-refractivity contribution in [3.05, 3.63) is 24.2 Å². The van der Waals surface area contributed by atoms with E-state index < -0.39 is 0 Å². The Labute approximate surface area is 131 Å². The van der Waals surface area contributed by atoms with Crippen molar-refractivity contribution in [2.24, 2.45) is 0 Å². The van der Waals surface area contributed by atoms with Crippen LogP contribution < -0.4 is 0 Å². The maximum Gasteiger partial charge on any atom is 0.160 e. The highest BCUT2D eigenvalue weighted by molar-refractivity contribution is 5.71. The molecule has 0 radical (unpaired) electrons. The summed E-state index contributed by atoms with van der Waals surface area (Å²) < 4.78 is 7.88. The fourth-order valence-electron chi connectivity index (χ4n) is 3.71. The predicted octanol–water partition coefficient (Wildman–Crippen LogP) is 2.42. The van der Waals surface area contributed by atoms with E-state index in [1.165, 1.54) is 31.8 Å². The maximum absolute atomic E-state index is 5.52. The van der Waals surface area contributed by atoms with Gasteiger partial charge in [-0.1, -0.05) is 0 Å². The Balaban J connectivity index is 1.63. The highest BCUT2D eigenvalue weighted by atomic mass is 16.5. The topological polar surface area (TPSA) is 43.2 Å². The maximum atomic E-state index is 5.52. The monoisotopic (exact) mass is 300 g/mol. The second-order valence-electron chi connectivity index (χ2n) is 6.40. The SMILES string of the molecule is c1cnc2c(c1)nc(C1CCOCC1)n2CCN1CCCC1. The van der Waals surface area contributed by atoms with Gasteiger partial charge in [0.05, 0.1) is 0 Å². The molecular formula is C17H24N4O. The number of fused-ring (bicyclic) bond motifs is 1. The second-order valence-corrected chi connectivity index (χ2v) is 6.40. The molecule has 0 spiro atoms. The summed E-state index contributed by atoms with van der Waals surface area (Å²) in [6, 6.07) is 4.06. The molecule has 2 aliphatic heterocycles. The van der Waals surface area contributed by atoms with E-state index in [0.717, 1.165) is 50.3 Å². The van der Waals surface area contributed by atoms with E-state index in [9.17, 15) is 0 Å². The number of nitrogens with zero attached hydrogens (tertiary/aromatic N) is 4. The molecule has 0 aromatic carbocycles. The van der Waals surface area contributed by atoms with Crippen LogP contribution in [0.25, 0.3) is 11.2 Å². The molecule has 4 rings (SSSR count). The van der Waals surface area contributed by atoms with E-state index in [-0.39, 0.29) is 0 Å². The van der Waals surface area contributed by atoms with Crippen LogP contribution in [0.2, 0.25) is 0 Å². The zero-order chi connectivity index (χ0) is 14.8. The zero-order valence-electron chi connectivity index (χ0n) is 13.1. The summed E-state index contributed by atoms with van der Waals surface area (Å²) in [7, 11) is 0. The van der Waals surface area contributed by atoms with Gasteiger partial charge in [0.2, 0.25) is 0 Å². The summed E-state index contributed by atoms with van der Waals surface area (Å²) in [6.45, 7) is 6.30. The van der Waals surface area contributed by atoms with E-state index in [1.54, 1.807) is 0 Å². The Bertz CT molecular complexity index is 627. The minimum Gasteiger partial charge on any atom is -0.381 e. The lowest BCUT2D eigenvalue weighted by Gasteiger charge is -2.23. The average molecular weight is 300 g/mol. The summed E-state index contributed by atoms with van der Waals surface area (Å²) in [4.78, 5) is 12.1. The number of aromatic nitrogens is 3. The Morgan fingerprint density at radius 3 is 2.77 bits per heavy atom. The van der Waals surface area contributed by atoms with E-state index >= 15 is 0 Å². The number of likely N-dealkylation sites (tertiary alicyclic amines) is 1. The van der Waals surface area contributed by atoms with Crippen molar-refractivity contribution in [3.8, 4) is 0 Å². The van der Waals surface area contributed by atoms with Gasteiger partial charge in [-0.25, -0.2) is 9.97 Å². The highest BCUT2D eigenvalue weighted by Crippen LogP contribution is 2.28. The quantitative estimate of drug-likeness (QED) is 0.870. The molecule has 118 valence electrons. The van der Waals surface area contributed by atoms with Crippen LogP contribution in [0.5, 0.6) is 0 Å². The Hall–Kier alpha value is -1.46. The van der Waals surface area contributed by atoms with Gasteiger partial charge in [0.25, 0.3) is 0 Å². The largest absolute Gasteiger partial charge is 0.381 e. The molecule has 0 bridgehead atoms. The van der Waals surface area contributed by atoms with Crippen molar-refractivity contribution < 1.29 is 4.74 Å². The van der Waals surface area contributed by atoms with Gasteiger partial charge in [-0.05, 0) is 50.9 Å². The van der Waals surface area contributed by atoms with Crippen molar-refractivity contribution in [2.75, 3.05) is 32.8 Å². The molecule has 0 atom stereocenters. The van der Waals surface area contributed by atoms with Crippen molar-refractivity contribution in [3.63, 3.8) is 0 Å². The lowest BCUT2D eigenvalue weighted by Crippen LogP contribution is -2.26. The van der Waals surface area contributed by atoms with Crippen LogP contribution in [-0.2, 0) is 11.3 Å². The summed E-state index contributed by atoms with van der Waals surface area (Å²) in [6.07, 6.45) is 6.72. The number of ether oxygens (including phenoxy) is 1. The van der Waals surface area contributed by atoms with E-state index in [2.05, 4.69) is 20.5 Å². The molecule has 2 aliphatic rings. The van der Waals surface area contributed by atoms with Crippen LogP contribution >= 0.6 is 0 Å². The Morgan fingerprint density at radius 1 is 1.14 bits per heavy atom. The molecule has 0 amide bonds. The van der Waals surface area contributed by atoms with Gasteiger partial charge in [-0.2, -0.15) is 0 Å².